The number of thiol groups is 1. The van der Waals surface area contributed by atoms with Crippen LogP contribution >= 0.6 is 24.4 Å². The van der Waals surface area contributed by atoms with Crippen LogP contribution < -0.4 is 0 Å². The van der Waals surface area contributed by atoms with E-state index in [0.29, 0.717) is 24.0 Å². The summed E-state index contributed by atoms with van der Waals surface area (Å²) in [4.78, 5) is 28.3. The molecule has 2 fully saturated rings. The van der Waals surface area contributed by atoms with Gasteiger partial charge in [0, 0.05) is 36.9 Å². The number of rotatable bonds is 6. The summed E-state index contributed by atoms with van der Waals surface area (Å²) in [6.07, 6.45) is 4.77. The Kier molecular flexibility index (Phi) is 6.98. The Bertz CT molecular complexity index is 755. The van der Waals surface area contributed by atoms with Crippen LogP contribution in [0, 0.1) is 22.7 Å². The third kappa shape index (κ3) is 4.52. The third-order valence-electron chi connectivity index (χ3n) is 5.97. The van der Waals surface area contributed by atoms with Crippen molar-refractivity contribution in [3.63, 3.8) is 0 Å². The molecule has 1 saturated heterocycles. The van der Waals surface area contributed by atoms with Gasteiger partial charge in [0.2, 0.25) is 0 Å². The van der Waals surface area contributed by atoms with Crippen molar-refractivity contribution in [2.75, 3.05) is 30.3 Å². The predicted molar refractivity (Wildman–Crippen MR) is 117 cm³/mol. The molecule has 0 aromatic carbocycles. The molecule has 1 aliphatic heterocycles. The van der Waals surface area contributed by atoms with Gasteiger partial charge < -0.3 is 4.90 Å². The number of carbonyl (C=O) groups excluding carboxylic acids is 2. The van der Waals surface area contributed by atoms with Gasteiger partial charge in [-0.1, -0.05) is 13.8 Å². The second kappa shape index (κ2) is 9.09. The van der Waals surface area contributed by atoms with E-state index in [0.717, 1.165) is 67.3 Å². The minimum Gasteiger partial charge on any atom is -0.374 e. The number of ketones is 2. The lowest BCUT2D eigenvalue weighted by Gasteiger charge is -2.37. The third-order valence-corrected chi connectivity index (χ3v) is 7.51. The molecule has 0 amide bonds. The number of thioether (sulfide) groups is 1. The largest absolute Gasteiger partial charge is 0.374 e. The van der Waals surface area contributed by atoms with Crippen LogP contribution in [0.15, 0.2) is 22.4 Å². The molecule has 0 N–H and O–H groups in total. The summed E-state index contributed by atoms with van der Waals surface area (Å²) >= 11 is 5.99. The fourth-order valence-electron chi connectivity index (χ4n) is 4.65. The Morgan fingerprint density at radius 1 is 1.21 bits per heavy atom. The minimum atomic E-state index is -0.220. The van der Waals surface area contributed by atoms with Crippen LogP contribution in [-0.4, -0.2) is 46.8 Å². The first-order chi connectivity index (χ1) is 13.4. The first kappa shape index (κ1) is 21.5. The maximum atomic E-state index is 13.1. The van der Waals surface area contributed by atoms with E-state index in [1.54, 1.807) is 11.8 Å². The van der Waals surface area contributed by atoms with Gasteiger partial charge in [0.25, 0.3) is 0 Å². The summed E-state index contributed by atoms with van der Waals surface area (Å²) in [7, 11) is 0. The summed E-state index contributed by atoms with van der Waals surface area (Å²) in [6.45, 7) is 6.28. The van der Waals surface area contributed by atoms with Crippen molar-refractivity contribution < 1.29 is 9.59 Å². The highest BCUT2D eigenvalue weighted by molar-refractivity contribution is 7.99. The molecule has 1 atom stereocenters. The zero-order chi connectivity index (χ0) is 20.3. The van der Waals surface area contributed by atoms with E-state index in [-0.39, 0.29) is 22.9 Å². The second-order valence-electron chi connectivity index (χ2n) is 8.81. The van der Waals surface area contributed by atoms with Crippen molar-refractivity contribution in [2.24, 2.45) is 11.3 Å². The molecule has 0 aromatic heterocycles. The Balaban J connectivity index is 1.95. The van der Waals surface area contributed by atoms with Crippen molar-refractivity contribution in [3.8, 4) is 6.07 Å². The number of likely N-dealkylation sites (tertiary alicyclic amines) is 1. The molecular formula is C22H30N2O2S2. The molecule has 0 bridgehead atoms. The van der Waals surface area contributed by atoms with E-state index < -0.39 is 0 Å². The normalized spacial score (nSPS) is 27.6. The fraction of sp³-hybridized carbons (Fsp3) is 0.682. The summed E-state index contributed by atoms with van der Waals surface area (Å²) < 4.78 is 0. The maximum absolute atomic E-state index is 13.1. The highest BCUT2D eigenvalue weighted by Gasteiger charge is 2.42. The molecule has 3 rings (SSSR count). The molecular weight excluding hydrogens is 388 g/mol. The van der Waals surface area contributed by atoms with Crippen molar-refractivity contribution in [1.29, 1.82) is 5.26 Å². The fourth-order valence-corrected chi connectivity index (χ4v) is 5.82. The van der Waals surface area contributed by atoms with Crippen LogP contribution in [-0.2, 0) is 9.59 Å². The van der Waals surface area contributed by atoms with E-state index in [9.17, 15) is 14.9 Å². The zero-order valence-corrected chi connectivity index (χ0v) is 18.6. The van der Waals surface area contributed by atoms with Crippen molar-refractivity contribution in [3.05, 3.63) is 22.4 Å². The number of allylic oxidation sites excluding steroid dienone is 4. The molecule has 4 nitrogen and oxygen atoms in total. The van der Waals surface area contributed by atoms with Gasteiger partial charge in [-0.05, 0) is 54.6 Å². The summed E-state index contributed by atoms with van der Waals surface area (Å²) in [5.74, 6) is 2.34. The summed E-state index contributed by atoms with van der Waals surface area (Å²) in [6, 6.07) is 2.37. The molecule has 0 spiro atoms. The first-order valence-corrected chi connectivity index (χ1v) is 12.0. The number of Topliss-reactive ketones (excluding diaryl/α,β-unsaturated/α-hetero) is 2. The number of hydrogen-bond acceptors (Lipinski definition) is 6. The van der Waals surface area contributed by atoms with Gasteiger partial charge in [-0.15, -0.1) is 0 Å². The van der Waals surface area contributed by atoms with Gasteiger partial charge >= 0.3 is 0 Å². The van der Waals surface area contributed by atoms with Crippen LogP contribution in [0.1, 0.15) is 52.4 Å². The maximum Gasteiger partial charge on any atom is 0.170 e. The highest BCUT2D eigenvalue weighted by atomic mass is 32.2. The van der Waals surface area contributed by atoms with Crippen LogP contribution in [0.25, 0.3) is 0 Å². The second-order valence-corrected chi connectivity index (χ2v) is 10.5. The van der Waals surface area contributed by atoms with E-state index >= 15 is 0 Å². The average Bonchev–Trinajstić information content (AvgIpc) is 3.26. The van der Waals surface area contributed by atoms with Gasteiger partial charge in [-0.3, -0.25) is 9.59 Å². The number of carbonyl (C=O) groups is 2. The topological polar surface area (TPSA) is 61.2 Å². The lowest BCUT2D eigenvalue weighted by atomic mass is 9.72. The lowest BCUT2D eigenvalue weighted by molar-refractivity contribution is -0.118. The molecule has 1 heterocycles. The van der Waals surface area contributed by atoms with Gasteiger partial charge in [0.05, 0.1) is 11.1 Å². The van der Waals surface area contributed by atoms with E-state index in [1.165, 1.54) is 0 Å². The standard InChI is InChI=1S/C22H30N2O2S2/c1-22(2)12-16(17(14-23)18(13-22)24-6-3-4-7-24)20-19(25)11-15(21(20)26)5-9-28-10-8-27/h15,27H,3-13H2,1-2H3/b20-16-. The Hall–Kier alpha value is -1.19. The summed E-state index contributed by atoms with van der Waals surface area (Å²) in [5, 5.41) is 9.96. The molecule has 6 heteroatoms. The van der Waals surface area contributed by atoms with Crippen molar-refractivity contribution in [2.45, 2.75) is 52.4 Å². The lowest BCUT2D eigenvalue weighted by Crippen LogP contribution is -2.31. The molecule has 0 aromatic rings. The van der Waals surface area contributed by atoms with Crippen molar-refractivity contribution >= 4 is 36.0 Å². The smallest absolute Gasteiger partial charge is 0.170 e. The number of hydrogen-bond donors (Lipinski definition) is 1. The zero-order valence-electron chi connectivity index (χ0n) is 16.9. The van der Waals surface area contributed by atoms with Gasteiger partial charge in [0.15, 0.2) is 11.6 Å². The van der Waals surface area contributed by atoms with Crippen LogP contribution in [0.5, 0.6) is 0 Å². The highest BCUT2D eigenvalue weighted by Crippen LogP contribution is 2.46. The molecule has 28 heavy (non-hydrogen) atoms. The average molecular weight is 419 g/mol. The van der Waals surface area contributed by atoms with Crippen LogP contribution in [0.3, 0.4) is 0 Å². The molecule has 3 aliphatic rings. The molecule has 0 radical (unpaired) electrons. The van der Waals surface area contributed by atoms with Crippen LogP contribution in [0.2, 0.25) is 0 Å². The SMILES string of the molecule is CC1(C)CC(N2CCCC2)=C(C#N)/C(=C2/C(=O)CC(CCSCCS)C2=O)C1. The van der Waals surface area contributed by atoms with Crippen molar-refractivity contribution in [1.82, 2.24) is 4.90 Å². The predicted octanol–water partition coefficient (Wildman–Crippen LogP) is 4.19. The molecule has 2 aliphatic carbocycles. The Morgan fingerprint density at radius 3 is 2.57 bits per heavy atom. The molecule has 1 unspecified atom stereocenters. The Morgan fingerprint density at radius 2 is 1.93 bits per heavy atom. The van der Waals surface area contributed by atoms with E-state index in [2.05, 4.69) is 37.4 Å². The molecule has 152 valence electrons. The van der Waals surface area contributed by atoms with Gasteiger partial charge in [0.1, 0.15) is 6.07 Å². The summed E-state index contributed by atoms with van der Waals surface area (Å²) in [5.41, 5.74) is 2.66. The van der Waals surface area contributed by atoms with Gasteiger partial charge in [-0.2, -0.15) is 29.7 Å². The first-order valence-electron chi connectivity index (χ1n) is 10.3. The van der Waals surface area contributed by atoms with Gasteiger partial charge in [-0.25, -0.2) is 0 Å². The van der Waals surface area contributed by atoms with E-state index in [4.69, 9.17) is 0 Å². The number of nitrogens with zero attached hydrogens (tertiary/aromatic N) is 2. The quantitative estimate of drug-likeness (QED) is 0.303. The number of nitriles is 1. The minimum absolute atomic E-state index is 0.0299. The monoisotopic (exact) mass is 418 g/mol. The molecule has 1 saturated carbocycles. The van der Waals surface area contributed by atoms with Crippen LogP contribution in [0.4, 0.5) is 0 Å². The Labute approximate surface area is 178 Å². The van der Waals surface area contributed by atoms with E-state index in [1.807, 2.05) is 0 Å².